The van der Waals surface area contributed by atoms with Crippen molar-refractivity contribution in [1.82, 2.24) is 9.78 Å². The Morgan fingerprint density at radius 1 is 1.28 bits per heavy atom. The molecule has 29 heavy (non-hydrogen) atoms. The van der Waals surface area contributed by atoms with Gasteiger partial charge in [0.25, 0.3) is 5.91 Å². The summed E-state index contributed by atoms with van der Waals surface area (Å²) in [5.41, 5.74) is 2.28. The number of carbonyl (C=O) groups is 1. The molecule has 0 saturated heterocycles. The number of nitrogens with zero attached hydrogens (tertiary/aromatic N) is 3. The maximum Gasteiger partial charge on any atom is 0.312 e. The molecule has 0 aliphatic heterocycles. The first-order valence-corrected chi connectivity index (χ1v) is 9.10. The number of methoxy groups -OCH3 is 1. The van der Waals surface area contributed by atoms with Gasteiger partial charge in [-0.15, -0.1) is 0 Å². The zero-order valence-corrected chi connectivity index (χ0v) is 16.9. The maximum absolute atomic E-state index is 12.9. The minimum atomic E-state index is -0.446. The lowest BCUT2D eigenvalue weighted by atomic mass is 10.1. The standard InChI is InChI=1S/C20H19ClN4O4/c1-12-19(25(27)28)13(2)24(23-12)11-14-6-4-5-7-16(14)20(26)22-17-10-15(21)8-9-18(17)29-3/h4-10H,11H2,1-3H3,(H,22,26). The fourth-order valence-electron chi connectivity index (χ4n) is 3.11. The van der Waals surface area contributed by atoms with Gasteiger partial charge in [0.1, 0.15) is 17.1 Å². The molecule has 1 heterocycles. The Labute approximate surface area is 172 Å². The average Bonchev–Trinajstić information content (AvgIpc) is 2.95. The zero-order valence-electron chi connectivity index (χ0n) is 16.1. The second-order valence-electron chi connectivity index (χ2n) is 6.39. The number of nitro groups is 1. The summed E-state index contributed by atoms with van der Waals surface area (Å²) in [4.78, 5) is 23.7. The van der Waals surface area contributed by atoms with Crippen molar-refractivity contribution < 1.29 is 14.5 Å². The Morgan fingerprint density at radius 2 is 2.00 bits per heavy atom. The molecule has 8 nitrogen and oxygen atoms in total. The van der Waals surface area contributed by atoms with Crippen molar-refractivity contribution in [3.63, 3.8) is 0 Å². The summed E-state index contributed by atoms with van der Waals surface area (Å²) >= 11 is 6.03. The summed E-state index contributed by atoms with van der Waals surface area (Å²) < 4.78 is 6.79. The molecule has 0 aliphatic carbocycles. The Morgan fingerprint density at radius 3 is 2.66 bits per heavy atom. The van der Waals surface area contributed by atoms with Crippen LogP contribution in [0.1, 0.15) is 27.3 Å². The number of anilines is 1. The first-order valence-electron chi connectivity index (χ1n) is 8.73. The smallest absolute Gasteiger partial charge is 0.312 e. The van der Waals surface area contributed by atoms with Crippen LogP contribution >= 0.6 is 11.6 Å². The number of aromatic nitrogens is 2. The van der Waals surface area contributed by atoms with Crippen LogP contribution in [-0.4, -0.2) is 27.7 Å². The van der Waals surface area contributed by atoms with Crippen molar-refractivity contribution in [3.05, 3.63) is 80.1 Å². The number of nitrogens with one attached hydrogen (secondary N) is 1. The van der Waals surface area contributed by atoms with Crippen LogP contribution in [0.2, 0.25) is 5.02 Å². The van der Waals surface area contributed by atoms with Gasteiger partial charge in [-0.25, -0.2) is 0 Å². The number of hydrogen-bond acceptors (Lipinski definition) is 5. The molecule has 0 radical (unpaired) electrons. The Kier molecular flexibility index (Phi) is 5.84. The lowest BCUT2D eigenvalue weighted by Crippen LogP contribution is -2.16. The minimum Gasteiger partial charge on any atom is -0.495 e. The van der Waals surface area contributed by atoms with Crippen molar-refractivity contribution in [2.24, 2.45) is 0 Å². The van der Waals surface area contributed by atoms with E-state index in [1.54, 1.807) is 56.3 Å². The van der Waals surface area contributed by atoms with E-state index in [0.29, 0.717) is 39.0 Å². The van der Waals surface area contributed by atoms with Gasteiger partial charge in [-0.05, 0) is 43.7 Å². The predicted molar refractivity (Wildman–Crippen MR) is 110 cm³/mol. The number of halogens is 1. The van der Waals surface area contributed by atoms with E-state index < -0.39 is 4.92 Å². The molecule has 1 amide bonds. The summed E-state index contributed by atoms with van der Waals surface area (Å²) in [5.74, 6) is 0.131. The molecule has 0 saturated carbocycles. The SMILES string of the molecule is COc1ccc(Cl)cc1NC(=O)c1ccccc1Cn1nc(C)c([N+](=O)[O-])c1C. The van der Waals surface area contributed by atoms with Gasteiger partial charge in [0, 0.05) is 10.6 Å². The Bertz CT molecular complexity index is 1090. The quantitative estimate of drug-likeness (QED) is 0.477. The van der Waals surface area contributed by atoms with Crippen LogP contribution in [0.3, 0.4) is 0 Å². The van der Waals surface area contributed by atoms with Crippen LogP contribution < -0.4 is 10.1 Å². The zero-order chi connectivity index (χ0) is 21.1. The maximum atomic E-state index is 12.9. The Hall–Kier alpha value is -3.39. The molecule has 1 N–H and O–H groups in total. The molecular weight excluding hydrogens is 396 g/mol. The predicted octanol–water partition coefficient (Wildman–Crippen LogP) is 4.37. The molecule has 0 bridgehead atoms. The van der Waals surface area contributed by atoms with Crippen molar-refractivity contribution in [2.45, 2.75) is 20.4 Å². The van der Waals surface area contributed by atoms with E-state index in [-0.39, 0.29) is 18.1 Å². The van der Waals surface area contributed by atoms with Crippen molar-refractivity contribution in [2.75, 3.05) is 12.4 Å². The summed E-state index contributed by atoms with van der Waals surface area (Å²) in [6, 6.07) is 11.9. The largest absolute Gasteiger partial charge is 0.495 e. The van der Waals surface area contributed by atoms with E-state index in [2.05, 4.69) is 10.4 Å². The van der Waals surface area contributed by atoms with Gasteiger partial charge in [-0.3, -0.25) is 19.6 Å². The highest BCUT2D eigenvalue weighted by molar-refractivity contribution is 6.31. The van der Waals surface area contributed by atoms with E-state index >= 15 is 0 Å². The number of ether oxygens (including phenoxy) is 1. The first-order chi connectivity index (χ1) is 13.8. The monoisotopic (exact) mass is 414 g/mol. The van der Waals surface area contributed by atoms with Crippen LogP contribution in [0.15, 0.2) is 42.5 Å². The van der Waals surface area contributed by atoms with E-state index in [1.165, 1.54) is 11.8 Å². The highest BCUT2D eigenvalue weighted by atomic mass is 35.5. The van der Waals surface area contributed by atoms with E-state index in [4.69, 9.17) is 16.3 Å². The van der Waals surface area contributed by atoms with Crippen LogP contribution in [0.4, 0.5) is 11.4 Å². The fourth-order valence-corrected chi connectivity index (χ4v) is 3.29. The van der Waals surface area contributed by atoms with Crippen LogP contribution in [0.25, 0.3) is 0 Å². The number of benzene rings is 2. The molecule has 9 heteroatoms. The number of aryl methyl sites for hydroxylation is 1. The summed E-state index contributed by atoms with van der Waals surface area (Å²) in [6.45, 7) is 3.44. The molecule has 0 unspecified atom stereocenters. The lowest BCUT2D eigenvalue weighted by molar-refractivity contribution is -0.386. The fraction of sp³-hybridized carbons (Fsp3) is 0.200. The molecule has 150 valence electrons. The number of rotatable bonds is 6. The summed E-state index contributed by atoms with van der Waals surface area (Å²) in [7, 11) is 1.50. The molecule has 0 aliphatic rings. The highest BCUT2D eigenvalue weighted by Gasteiger charge is 2.23. The van der Waals surface area contributed by atoms with Crippen LogP contribution in [0, 0.1) is 24.0 Å². The second-order valence-corrected chi connectivity index (χ2v) is 6.83. The van der Waals surface area contributed by atoms with E-state index in [1.807, 2.05) is 0 Å². The Balaban J connectivity index is 1.92. The lowest BCUT2D eigenvalue weighted by Gasteiger charge is -2.13. The first kappa shape index (κ1) is 20.3. The van der Waals surface area contributed by atoms with Gasteiger partial charge < -0.3 is 10.1 Å². The third-order valence-electron chi connectivity index (χ3n) is 4.52. The number of hydrogen-bond donors (Lipinski definition) is 1. The van der Waals surface area contributed by atoms with Gasteiger partial charge >= 0.3 is 5.69 Å². The van der Waals surface area contributed by atoms with Crippen LogP contribution in [-0.2, 0) is 6.54 Å². The van der Waals surface area contributed by atoms with Crippen molar-refractivity contribution in [1.29, 1.82) is 0 Å². The molecule has 3 aromatic rings. The molecule has 0 atom stereocenters. The summed E-state index contributed by atoms with van der Waals surface area (Å²) in [5, 5.41) is 18.8. The normalized spacial score (nSPS) is 10.6. The number of amides is 1. The van der Waals surface area contributed by atoms with Gasteiger partial charge in [-0.1, -0.05) is 29.8 Å². The average molecular weight is 415 g/mol. The second kappa shape index (κ2) is 8.32. The van der Waals surface area contributed by atoms with E-state index in [9.17, 15) is 14.9 Å². The molecular formula is C20H19ClN4O4. The number of carbonyl (C=O) groups excluding carboxylic acids is 1. The van der Waals surface area contributed by atoms with Crippen molar-refractivity contribution >= 4 is 28.9 Å². The topological polar surface area (TPSA) is 99.3 Å². The van der Waals surface area contributed by atoms with Crippen LogP contribution in [0.5, 0.6) is 5.75 Å². The highest BCUT2D eigenvalue weighted by Crippen LogP contribution is 2.29. The van der Waals surface area contributed by atoms with Gasteiger partial charge in [0.15, 0.2) is 0 Å². The van der Waals surface area contributed by atoms with Crippen molar-refractivity contribution in [3.8, 4) is 5.75 Å². The molecule has 3 rings (SSSR count). The van der Waals surface area contributed by atoms with Gasteiger partial charge in [0.05, 0.1) is 24.3 Å². The third-order valence-corrected chi connectivity index (χ3v) is 4.75. The minimum absolute atomic E-state index is 0.0180. The third kappa shape index (κ3) is 4.22. The molecule has 0 spiro atoms. The van der Waals surface area contributed by atoms with E-state index in [0.717, 1.165) is 0 Å². The molecule has 0 fully saturated rings. The van der Waals surface area contributed by atoms with Gasteiger partial charge in [-0.2, -0.15) is 5.10 Å². The summed E-state index contributed by atoms with van der Waals surface area (Å²) in [6.07, 6.45) is 0. The van der Waals surface area contributed by atoms with Gasteiger partial charge in [0.2, 0.25) is 0 Å². The molecule has 1 aromatic heterocycles. The molecule has 2 aromatic carbocycles.